The third-order valence-corrected chi connectivity index (χ3v) is 8.62. The molecule has 0 N–H and O–H groups in total. The van der Waals surface area contributed by atoms with E-state index < -0.39 is 0 Å². The standard InChI is InChI=1S/C42H26N4O/c1-4-10-27(11-5-1)28-16-18-29(19-17-28)34-20-21-35(38-36-24-32-22-23-43-26-33(32)25-37(36)47-39(34)38)42-45-40(30-12-6-2-7-13-30)44-41(46-42)31-14-8-3-9-15-31/h1-26H. The minimum Gasteiger partial charge on any atom is -0.455 e. The Morgan fingerprint density at radius 3 is 1.64 bits per heavy atom. The zero-order valence-corrected chi connectivity index (χ0v) is 25.2. The fourth-order valence-electron chi connectivity index (χ4n) is 6.28. The highest BCUT2D eigenvalue weighted by Gasteiger charge is 2.21. The van der Waals surface area contributed by atoms with E-state index >= 15 is 0 Å². The number of hydrogen-bond acceptors (Lipinski definition) is 5. The molecule has 3 aromatic heterocycles. The SMILES string of the molecule is c1ccc(-c2ccc(-c3ccc(-c4nc(-c5ccccc5)nc(-c5ccccc5)n4)c4c3oc3cc5cnccc5cc34)cc2)cc1. The maximum atomic E-state index is 6.75. The number of pyridine rings is 1. The van der Waals surface area contributed by atoms with Crippen LogP contribution in [0.25, 0.3) is 89.1 Å². The summed E-state index contributed by atoms with van der Waals surface area (Å²) in [5, 5.41) is 4.07. The first-order valence-corrected chi connectivity index (χ1v) is 15.5. The summed E-state index contributed by atoms with van der Waals surface area (Å²) in [6.07, 6.45) is 3.69. The minimum absolute atomic E-state index is 0.589. The Morgan fingerprint density at radius 1 is 0.426 bits per heavy atom. The van der Waals surface area contributed by atoms with Crippen molar-refractivity contribution in [3.05, 3.63) is 158 Å². The van der Waals surface area contributed by atoms with Crippen LogP contribution in [0, 0.1) is 0 Å². The topological polar surface area (TPSA) is 64.7 Å². The van der Waals surface area contributed by atoms with Crippen molar-refractivity contribution in [3.8, 4) is 56.4 Å². The molecule has 0 radical (unpaired) electrons. The van der Waals surface area contributed by atoms with E-state index in [9.17, 15) is 0 Å². The maximum Gasteiger partial charge on any atom is 0.164 e. The number of benzene rings is 6. The number of fused-ring (bicyclic) bond motifs is 4. The lowest BCUT2D eigenvalue weighted by atomic mass is 9.96. The van der Waals surface area contributed by atoms with Gasteiger partial charge in [-0.1, -0.05) is 115 Å². The van der Waals surface area contributed by atoms with Gasteiger partial charge in [0.05, 0.1) is 0 Å². The Labute approximate surface area is 270 Å². The lowest BCUT2D eigenvalue weighted by Gasteiger charge is -2.11. The van der Waals surface area contributed by atoms with Gasteiger partial charge < -0.3 is 4.42 Å². The zero-order chi connectivity index (χ0) is 31.2. The summed E-state index contributed by atoms with van der Waals surface area (Å²) >= 11 is 0. The maximum absolute atomic E-state index is 6.75. The normalized spacial score (nSPS) is 11.4. The summed E-state index contributed by atoms with van der Waals surface area (Å²) in [6, 6.07) is 49.7. The molecule has 0 unspecified atom stereocenters. The van der Waals surface area contributed by atoms with Crippen LogP contribution in [-0.2, 0) is 0 Å². The molecule has 0 amide bonds. The molecular formula is C42H26N4O. The summed E-state index contributed by atoms with van der Waals surface area (Å²) < 4.78 is 6.75. The Morgan fingerprint density at radius 2 is 0.979 bits per heavy atom. The highest BCUT2D eigenvalue weighted by molar-refractivity contribution is 6.18. The lowest BCUT2D eigenvalue weighted by molar-refractivity contribution is 0.670. The molecule has 0 aliphatic rings. The second-order valence-electron chi connectivity index (χ2n) is 11.5. The molecule has 0 spiro atoms. The first-order valence-electron chi connectivity index (χ1n) is 15.5. The number of hydrogen-bond donors (Lipinski definition) is 0. The summed E-state index contributed by atoms with van der Waals surface area (Å²) in [7, 11) is 0. The van der Waals surface area contributed by atoms with Crippen LogP contribution in [0.1, 0.15) is 0 Å². The predicted octanol–water partition coefficient (Wildman–Crippen LogP) is 10.7. The van der Waals surface area contributed by atoms with Gasteiger partial charge >= 0.3 is 0 Å². The Hall–Kier alpha value is -6.46. The lowest BCUT2D eigenvalue weighted by Crippen LogP contribution is -2.00. The predicted molar refractivity (Wildman–Crippen MR) is 190 cm³/mol. The van der Waals surface area contributed by atoms with E-state index in [-0.39, 0.29) is 0 Å². The fourth-order valence-corrected chi connectivity index (χ4v) is 6.28. The summed E-state index contributed by atoms with van der Waals surface area (Å²) in [5.74, 6) is 1.83. The molecule has 0 aliphatic heterocycles. The molecule has 9 aromatic rings. The van der Waals surface area contributed by atoms with Crippen molar-refractivity contribution in [2.45, 2.75) is 0 Å². The van der Waals surface area contributed by atoms with Crippen molar-refractivity contribution >= 4 is 32.7 Å². The Bertz CT molecular complexity index is 2490. The largest absolute Gasteiger partial charge is 0.455 e. The van der Waals surface area contributed by atoms with Gasteiger partial charge in [0.15, 0.2) is 17.5 Å². The van der Waals surface area contributed by atoms with Crippen molar-refractivity contribution in [1.82, 2.24) is 19.9 Å². The van der Waals surface area contributed by atoms with E-state index in [1.807, 2.05) is 85.2 Å². The third kappa shape index (κ3) is 4.82. The zero-order valence-electron chi connectivity index (χ0n) is 25.2. The van der Waals surface area contributed by atoms with Gasteiger partial charge in [-0.2, -0.15) is 0 Å². The molecule has 3 heterocycles. The third-order valence-electron chi connectivity index (χ3n) is 8.62. The smallest absolute Gasteiger partial charge is 0.164 e. The quantitative estimate of drug-likeness (QED) is 0.196. The first kappa shape index (κ1) is 26.9. The molecule has 0 bridgehead atoms. The van der Waals surface area contributed by atoms with E-state index in [2.05, 4.69) is 77.8 Å². The van der Waals surface area contributed by atoms with Crippen molar-refractivity contribution in [3.63, 3.8) is 0 Å². The molecule has 5 heteroatoms. The average molecular weight is 603 g/mol. The molecule has 0 atom stereocenters. The van der Waals surface area contributed by atoms with Crippen LogP contribution in [0.3, 0.4) is 0 Å². The van der Waals surface area contributed by atoms with Crippen LogP contribution in [0.15, 0.2) is 162 Å². The van der Waals surface area contributed by atoms with E-state index in [4.69, 9.17) is 19.4 Å². The van der Waals surface area contributed by atoms with Crippen molar-refractivity contribution in [2.24, 2.45) is 0 Å². The second-order valence-corrected chi connectivity index (χ2v) is 11.5. The molecule has 220 valence electrons. The molecule has 0 aliphatic carbocycles. The van der Waals surface area contributed by atoms with Gasteiger partial charge in [0, 0.05) is 50.8 Å². The summed E-state index contributed by atoms with van der Waals surface area (Å²) in [4.78, 5) is 19.4. The molecule has 0 saturated heterocycles. The minimum atomic E-state index is 0.589. The second kappa shape index (κ2) is 11.2. The van der Waals surface area contributed by atoms with E-state index in [0.717, 1.165) is 66.1 Å². The molecule has 5 nitrogen and oxygen atoms in total. The van der Waals surface area contributed by atoms with Crippen LogP contribution in [0.2, 0.25) is 0 Å². The van der Waals surface area contributed by atoms with Crippen molar-refractivity contribution in [2.75, 3.05) is 0 Å². The van der Waals surface area contributed by atoms with Crippen LogP contribution in [0.4, 0.5) is 0 Å². The molecule has 47 heavy (non-hydrogen) atoms. The van der Waals surface area contributed by atoms with Gasteiger partial charge in [0.25, 0.3) is 0 Å². The highest BCUT2D eigenvalue weighted by Crippen LogP contribution is 2.43. The number of aromatic nitrogens is 4. The molecular weight excluding hydrogens is 576 g/mol. The van der Waals surface area contributed by atoms with Crippen LogP contribution >= 0.6 is 0 Å². The van der Waals surface area contributed by atoms with E-state index in [0.29, 0.717) is 17.5 Å². The van der Waals surface area contributed by atoms with Gasteiger partial charge in [-0.15, -0.1) is 0 Å². The van der Waals surface area contributed by atoms with Crippen LogP contribution < -0.4 is 0 Å². The van der Waals surface area contributed by atoms with Gasteiger partial charge in [-0.05, 0) is 52.4 Å². The van der Waals surface area contributed by atoms with Crippen LogP contribution in [-0.4, -0.2) is 19.9 Å². The fraction of sp³-hybridized carbons (Fsp3) is 0. The van der Waals surface area contributed by atoms with Gasteiger partial charge in [0.2, 0.25) is 0 Å². The van der Waals surface area contributed by atoms with Crippen LogP contribution in [0.5, 0.6) is 0 Å². The van der Waals surface area contributed by atoms with Crippen molar-refractivity contribution < 1.29 is 4.42 Å². The number of nitrogens with zero attached hydrogens (tertiary/aromatic N) is 4. The summed E-state index contributed by atoms with van der Waals surface area (Å²) in [6.45, 7) is 0. The first-order chi connectivity index (χ1) is 23.3. The average Bonchev–Trinajstić information content (AvgIpc) is 3.53. The molecule has 0 fully saturated rings. The number of rotatable bonds is 5. The highest BCUT2D eigenvalue weighted by atomic mass is 16.3. The molecule has 6 aromatic carbocycles. The Balaban J connectivity index is 1.30. The number of furan rings is 1. The van der Waals surface area contributed by atoms with Gasteiger partial charge in [0.1, 0.15) is 11.2 Å². The van der Waals surface area contributed by atoms with E-state index in [1.54, 1.807) is 0 Å². The monoisotopic (exact) mass is 602 g/mol. The van der Waals surface area contributed by atoms with Crippen molar-refractivity contribution in [1.29, 1.82) is 0 Å². The van der Waals surface area contributed by atoms with E-state index in [1.165, 1.54) is 5.56 Å². The molecule has 9 rings (SSSR count). The van der Waals surface area contributed by atoms with Gasteiger partial charge in [-0.3, -0.25) is 4.98 Å². The van der Waals surface area contributed by atoms with Gasteiger partial charge in [-0.25, -0.2) is 15.0 Å². The summed E-state index contributed by atoms with van der Waals surface area (Å²) in [5.41, 5.74) is 8.73. The Kier molecular flexibility index (Phi) is 6.39. The molecule has 0 saturated carbocycles.